The van der Waals surface area contributed by atoms with Crippen molar-refractivity contribution < 1.29 is 23.3 Å². The second-order valence-electron chi connectivity index (χ2n) is 9.76. The van der Waals surface area contributed by atoms with Gasteiger partial charge in [0.25, 0.3) is 14.1 Å². The van der Waals surface area contributed by atoms with Gasteiger partial charge in [-0.15, -0.1) is 0 Å². The molecule has 0 amide bonds. The summed E-state index contributed by atoms with van der Waals surface area (Å²) in [6.07, 6.45) is 1.53. The van der Waals surface area contributed by atoms with Gasteiger partial charge in [0.1, 0.15) is 6.61 Å². The van der Waals surface area contributed by atoms with Gasteiger partial charge in [-0.2, -0.15) is 5.26 Å². The lowest BCUT2D eigenvalue weighted by Gasteiger charge is -2.40. The van der Waals surface area contributed by atoms with E-state index in [-0.39, 0.29) is 38.3 Å². The molecule has 40 heavy (non-hydrogen) atoms. The molecule has 2 atom stereocenters. The first kappa shape index (κ1) is 33.3. The van der Waals surface area contributed by atoms with Crippen LogP contribution in [0.2, 0.25) is 0 Å². The Labute approximate surface area is 237 Å². The van der Waals surface area contributed by atoms with Gasteiger partial charge in [-0.3, -0.25) is 14.3 Å². The summed E-state index contributed by atoms with van der Waals surface area (Å²) in [5.41, 5.74) is -1.77. The van der Waals surface area contributed by atoms with Crippen molar-refractivity contribution in [1.29, 1.82) is 5.26 Å². The Kier molecular flexibility index (Phi) is 13.7. The molecule has 0 saturated carbocycles. The third kappa shape index (κ3) is 9.65. The first-order chi connectivity index (χ1) is 19.1. The van der Waals surface area contributed by atoms with E-state index in [1.807, 2.05) is 13.8 Å². The molecule has 12 heteroatoms. The van der Waals surface area contributed by atoms with E-state index in [0.717, 1.165) is 0 Å². The fourth-order valence-corrected chi connectivity index (χ4v) is 5.75. The lowest BCUT2D eigenvalue weighted by atomic mass is 9.98. The molecule has 0 aliphatic rings. The molecule has 0 aliphatic heterocycles. The zero-order chi connectivity index (χ0) is 29.7. The highest BCUT2D eigenvalue weighted by Crippen LogP contribution is 2.47. The molecule has 220 valence electrons. The molecule has 2 aromatic rings. The summed E-state index contributed by atoms with van der Waals surface area (Å²) in [4.78, 5) is 39.3. The van der Waals surface area contributed by atoms with Crippen LogP contribution in [0.1, 0.15) is 77.4 Å². The highest BCUT2D eigenvalue weighted by atomic mass is 31.2. The summed E-state index contributed by atoms with van der Waals surface area (Å²) in [5, 5.41) is 9.00. The second-order valence-corrected chi connectivity index (χ2v) is 11.2. The molecule has 2 rings (SSSR count). The van der Waals surface area contributed by atoms with Gasteiger partial charge in [-0.1, -0.05) is 32.0 Å². The molecule has 1 aromatic carbocycles. The number of hydrogen-bond acceptors (Lipinski definition) is 9. The molecular weight excluding hydrogens is 535 g/mol. The number of nitrogens with zero attached hydrogens (tertiary/aromatic N) is 3. The minimum Gasteiger partial charge on any atom is -0.457 e. The number of rotatable bonds is 17. The maximum atomic E-state index is 12.7. The van der Waals surface area contributed by atoms with Crippen molar-refractivity contribution in [3.8, 4) is 6.07 Å². The predicted molar refractivity (Wildman–Crippen MR) is 153 cm³/mol. The number of aromatic amines is 1. The molecule has 1 aromatic heterocycles. The zero-order valence-electron chi connectivity index (χ0n) is 24.2. The number of aromatic nitrogens is 2. The van der Waals surface area contributed by atoms with E-state index in [1.165, 1.54) is 16.8 Å². The largest absolute Gasteiger partial charge is 0.457 e. The van der Waals surface area contributed by atoms with Crippen LogP contribution in [0.5, 0.6) is 0 Å². The Morgan fingerprint density at radius 1 is 1.07 bits per heavy atom. The standard InChI is InChI=1S/C28H41N4O7P/c1-7-28(8-2,20-38-40(37-18-12-16-29)32(21(3)4)22(5)6)39-25(31-17-15-24(33)30-27(31)35)19-36-26(34)23-13-10-9-11-14-23/h9-11,13-15,17,21-22,25H,7-8,12,18-20H2,1-6H3,(H,30,33,35)/t25-,40?/m1/s1. The van der Waals surface area contributed by atoms with Crippen LogP contribution < -0.4 is 11.2 Å². The van der Waals surface area contributed by atoms with E-state index in [0.29, 0.717) is 18.4 Å². The van der Waals surface area contributed by atoms with Gasteiger partial charge in [0, 0.05) is 24.3 Å². The van der Waals surface area contributed by atoms with Crippen LogP contribution in [-0.2, 0) is 18.5 Å². The summed E-state index contributed by atoms with van der Waals surface area (Å²) in [5.74, 6) is -0.569. The average molecular weight is 577 g/mol. The van der Waals surface area contributed by atoms with Gasteiger partial charge in [0.2, 0.25) is 0 Å². The van der Waals surface area contributed by atoms with Gasteiger partial charge < -0.3 is 18.5 Å². The number of hydrogen-bond donors (Lipinski definition) is 1. The maximum Gasteiger partial charge on any atom is 0.338 e. The molecule has 0 spiro atoms. The van der Waals surface area contributed by atoms with Crippen LogP contribution in [0, 0.1) is 11.3 Å². The quantitative estimate of drug-likeness (QED) is 0.161. The molecule has 1 N–H and O–H groups in total. The van der Waals surface area contributed by atoms with Gasteiger partial charge >= 0.3 is 11.7 Å². The monoisotopic (exact) mass is 576 g/mol. The van der Waals surface area contributed by atoms with E-state index in [1.54, 1.807) is 30.3 Å². The van der Waals surface area contributed by atoms with Gasteiger partial charge in [-0.25, -0.2) is 14.3 Å². The van der Waals surface area contributed by atoms with Crippen molar-refractivity contribution in [3.63, 3.8) is 0 Å². The van der Waals surface area contributed by atoms with Gasteiger partial charge in [0.05, 0.1) is 36.9 Å². The minimum atomic E-state index is -1.53. The Balaban J connectivity index is 2.34. The molecule has 1 heterocycles. The average Bonchev–Trinajstić information content (AvgIpc) is 2.93. The van der Waals surface area contributed by atoms with Crippen LogP contribution in [0.25, 0.3) is 0 Å². The van der Waals surface area contributed by atoms with E-state index in [4.69, 9.17) is 23.8 Å². The summed E-state index contributed by atoms with van der Waals surface area (Å²) >= 11 is 0. The molecular formula is C28H41N4O7P. The van der Waals surface area contributed by atoms with Crippen molar-refractivity contribution in [1.82, 2.24) is 14.2 Å². The van der Waals surface area contributed by atoms with Gasteiger partial charge in [0.15, 0.2) is 6.23 Å². The molecule has 1 unspecified atom stereocenters. The predicted octanol–water partition coefficient (Wildman–Crippen LogP) is 4.76. The smallest absolute Gasteiger partial charge is 0.338 e. The second kappa shape index (κ2) is 16.4. The SMILES string of the molecule is CCC(CC)(COP(OCCC#N)N(C(C)C)C(C)C)O[C@H](COC(=O)c1ccccc1)n1ccc(=O)[nH]c1=O. The first-order valence-electron chi connectivity index (χ1n) is 13.5. The third-order valence-electron chi connectivity index (χ3n) is 6.30. The summed E-state index contributed by atoms with van der Waals surface area (Å²) in [7, 11) is -1.53. The molecule has 0 aliphatic carbocycles. The van der Waals surface area contributed by atoms with E-state index >= 15 is 0 Å². The molecule has 0 radical (unpaired) electrons. The maximum absolute atomic E-state index is 12.7. The number of nitrogens with one attached hydrogen (secondary N) is 1. The highest BCUT2D eigenvalue weighted by molar-refractivity contribution is 7.44. The van der Waals surface area contributed by atoms with Gasteiger partial charge in [-0.05, 0) is 52.7 Å². The first-order valence-corrected chi connectivity index (χ1v) is 14.6. The Morgan fingerprint density at radius 2 is 1.73 bits per heavy atom. The minimum absolute atomic E-state index is 0.120. The number of carbonyl (C=O) groups is 1. The zero-order valence-corrected chi connectivity index (χ0v) is 25.1. The topological polar surface area (TPSA) is 136 Å². The Hall–Kier alpha value is -2.87. The van der Waals surface area contributed by atoms with Crippen molar-refractivity contribution in [3.05, 3.63) is 69.0 Å². The number of ether oxygens (including phenoxy) is 2. The molecule has 0 fully saturated rings. The Morgan fingerprint density at radius 3 is 2.27 bits per heavy atom. The summed E-state index contributed by atoms with van der Waals surface area (Å²) in [6.45, 7) is 12.2. The van der Waals surface area contributed by atoms with Crippen LogP contribution in [-0.4, -0.2) is 57.7 Å². The van der Waals surface area contributed by atoms with E-state index in [2.05, 4.69) is 43.4 Å². The molecule has 0 bridgehead atoms. The number of H-pyrrole nitrogens is 1. The summed E-state index contributed by atoms with van der Waals surface area (Å²) < 4.78 is 27.8. The third-order valence-corrected chi connectivity index (χ3v) is 8.36. The lowest BCUT2D eigenvalue weighted by molar-refractivity contribution is -0.163. The normalized spacial score (nSPS) is 13.4. The molecule has 0 saturated heterocycles. The van der Waals surface area contributed by atoms with Crippen molar-refractivity contribution in [2.24, 2.45) is 0 Å². The number of nitriles is 1. The lowest BCUT2D eigenvalue weighted by Crippen LogP contribution is -2.44. The van der Waals surface area contributed by atoms with Crippen LogP contribution in [0.3, 0.4) is 0 Å². The van der Waals surface area contributed by atoms with Crippen molar-refractivity contribution >= 4 is 14.5 Å². The molecule has 11 nitrogen and oxygen atoms in total. The van der Waals surface area contributed by atoms with Crippen molar-refractivity contribution in [2.45, 2.75) is 84.7 Å². The van der Waals surface area contributed by atoms with E-state index in [9.17, 15) is 14.4 Å². The van der Waals surface area contributed by atoms with Crippen LogP contribution >= 0.6 is 8.53 Å². The highest BCUT2D eigenvalue weighted by Gasteiger charge is 2.36. The fourth-order valence-electron chi connectivity index (χ4n) is 4.06. The Bertz CT molecular complexity index is 1200. The van der Waals surface area contributed by atoms with Crippen LogP contribution in [0.15, 0.2) is 52.2 Å². The van der Waals surface area contributed by atoms with E-state index < -0.39 is 37.6 Å². The fraction of sp³-hybridized carbons (Fsp3) is 0.571. The van der Waals surface area contributed by atoms with Crippen molar-refractivity contribution in [2.75, 3.05) is 19.8 Å². The number of esters is 1. The number of carbonyl (C=O) groups excluding carboxylic acids is 1. The number of benzene rings is 1. The summed E-state index contributed by atoms with van der Waals surface area (Å²) in [6, 6.07) is 12.0. The van der Waals surface area contributed by atoms with Crippen LogP contribution in [0.4, 0.5) is 0 Å².